The van der Waals surface area contributed by atoms with Crippen LogP contribution in [0.1, 0.15) is 35.2 Å². The minimum absolute atomic E-state index is 0.0506. The number of hydrogen-bond acceptors (Lipinski definition) is 7. The average molecular weight is 541 g/mol. The Hall–Kier alpha value is -4.83. The summed E-state index contributed by atoms with van der Waals surface area (Å²) in [6.45, 7) is 4.48. The maximum Gasteiger partial charge on any atom is 0.338 e. The molecule has 0 aliphatic carbocycles. The lowest BCUT2D eigenvalue weighted by Gasteiger charge is -2.09. The van der Waals surface area contributed by atoms with Gasteiger partial charge in [-0.2, -0.15) is 0 Å². The zero-order chi connectivity index (χ0) is 28.2. The molecule has 204 valence electrons. The number of aryl methyl sites for hydroxylation is 1. The molecule has 5 aromatic rings. The number of carbonyl (C=O) groups is 1. The second-order valence-electron chi connectivity index (χ2n) is 9.59. The molecule has 2 aromatic carbocycles. The van der Waals surface area contributed by atoms with Crippen LogP contribution in [0.2, 0.25) is 0 Å². The summed E-state index contributed by atoms with van der Waals surface area (Å²) in [5, 5.41) is 13.1. The highest BCUT2D eigenvalue weighted by molar-refractivity contribution is 5.89. The van der Waals surface area contributed by atoms with E-state index < -0.39 is 17.3 Å². The number of aromatic carboxylic acids is 1. The highest BCUT2D eigenvalue weighted by Crippen LogP contribution is 2.32. The van der Waals surface area contributed by atoms with Crippen molar-refractivity contribution in [1.29, 1.82) is 0 Å². The fourth-order valence-corrected chi connectivity index (χ4v) is 4.30. The lowest BCUT2D eigenvalue weighted by molar-refractivity contribution is 0.0692. The predicted octanol–water partition coefficient (Wildman–Crippen LogP) is 5.56. The molecular formula is C30H29FN6O3. The summed E-state index contributed by atoms with van der Waals surface area (Å²) in [5.41, 5.74) is 10.1. The molecule has 5 N–H and O–H groups in total. The summed E-state index contributed by atoms with van der Waals surface area (Å²) < 4.78 is 20.5. The molecule has 5 rings (SSSR count). The number of pyridine rings is 2. The van der Waals surface area contributed by atoms with Gasteiger partial charge in [-0.25, -0.2) is 14.2 Å². The Morgan fingerprint density at radius 2 is 1.98 bits per heavy atom. The van der Waals surface area contributed by atoms with Gasteiger partial charge in [0.05, 0.1) is 53.2 Å². The van der Waals surface area contributed by atoms with E-state index >= 15 is 0 Å². The molecule has 10 heteroatoms. The minimum Gasteiger partial charge on any atom is -0.492 e. The maximum atomic E-state index is 14.7. The number of nitrogens with zero attached hydrogens (tertiary/aromatic N) is 3. The van der Waals surface area contributed by atoms with Gasteiger partial charge in [0, 0.05) is 22.7 Å². The third-order valence-electron chi connectivity index (χ3n) is 6.34. The molecule has 1 atom stereocenters. The Bertz CT molecular complexity index is 1680. The smallest absolute Gasteiger partial charge is 0.338 e. The fraction of sp³-hybridized carbons (Fsp3) is 0.200. The third kappa shape index (κ3) is 5.92. The lowest BCUT2D eigenvalue weighted by Crippen LogP contribution is -2.18. The SMILES string of the molecule is Cc1cccc(-c2[nH]c(CNc3cccc(C(=O)O)c3F)nc2-c2ccc3ncc(OCC[C@H](C)N)cc3c2)n1. The highest BCUT2D eigenvalue weighted by Gasteiger charge is 2.18. The number of rotatable bonds is 10. The summed E-state index contributed by atoms with van der Waals surface area (Å²) in [4.78, 5) is 28.7. The molecule has 0 unspecified atom stereocenters. The van der Waals surface area contributed by atoms with Crippen molar-refractivity contribution in [3.8, 4) is 28.4 Å². The van der Waals surface area contributed by atoms with E-state index in [2.05, 4.69) is 20.3 Å². The monoisotopic (exact) mass is 540 g/mol. The van der Waals surface area contributed by atoms with Gasteiger partial charge in [-0.15, -0.1) is 0 Å². The summed E-state index contributed by atoms with van der Waals surface area (Å²) >= 11 is 0. The van der Waals surface area contributed by atoms with Gasteiger partial charge in [0.25, 0.3) is 0 Å². The Morgan fingerprint density at radius 1 is 1.15 bits per heavy atom. The zero-order valence-electron chi connectivity index (χ0n) is 22.1. The molecule has 0 radical (unpaired) electrons. The van der Waals surface area contributed by atoms with Gasteiger partial charge in [-0.3, -0.25) is 9.97 Å². The first kappa shape index (κ1) is 26.8. The van der Waals surface area contributed by atoms with Crippen LogP contribution in [0.25, 0.3) is 33.5 Å². The molecule has 0 saturated carbocycles. The van der Waals surface area contributed by atoms with E-state index in [0.29, 0.717) is 35.3 Å². The number of carboxylic acids is 1. The van der Waals surface area contributed by atoms with Gasteiger partial charge in [-0.1, -0.05) is 18.2 Å². The highest BCUT2D eigenvalue weighted by atomic mass is 19.1. The van der Waals surface area contributed by atoms with Crippen LogP contribution in [0.3, 0.4) is 0 Å². The topological polar surface area (TPSA) is 139 Å². The number of hydrogen-bond donors (Lipinski definition) is 4. The summed E-state index contributed by atoms with van der Waals surface area (Å²) in [5.74, 6) is -0.978. The summed E-state index contributed by atoms with van der Waals surface area (Å²) in [6.07, 6.45) is 2.43. The van der Waals surface area contributed by atoms with E-state index in [9.17, 15) is 14.3 Å². The van der Waals surface area contributed by atoms with Crippen molar-refractivity contribution >= 4 is 22.6 Å². The van der Waals surface area contributed by atoms with Crippen molar-refractivity contribution in [2.45, 2.75) is 32.9 Å². The average Bonchev–Trinajstić information content (AvgIpc) is 3.36. The molecule has 0 aliphatic rings. The van der Waals surface area contributed by atoms with Crippen LogP contribution in [0.5, 0.6) is 5.75 Å². The summed E-state index contributed by atoms with van der Waals surface area (Å²) in [6, 6.07) is 17.8. The van der Waals surface area contributed by atoms with Crippen LogP contribution in [-0.2, 0) is 6.54 Å². The normalized spacial score (nSPS) is 11.9. The maximum absolute atomic E-state index is 14.7. The molecule has 3 heterocycles. The largest absolute Gasteiger partial charge is 0.492 e. The van der Waals surface area contributed by atoms with E-state index in [1.165, 1.54) is 18.2 Å². The fourth-order valence-electron chi connectivity index (χ4n) is 4.30. The van der Waals surface area contributed by atoms with Crippen molar-refractivity contribution < 1.29 is 19.0 Å². The van der Waals surface area contributed by atoms with Crippen molar-refractivity contribution in [2.75, 3.05) is 11.9 Å². The van der Waals surface area contributed by atoms with E-state index in [1.807, 2.05) is 56.3 Å². The number of ether oxygens (including phenoxy) is 1. The van der Waals surface area contributed by atoms with E-state index in [1.54, 1.807) is 6.20 Å². The number of nitrogens with one attached hydrogen (secondary N) is 2. The summed E-state index contributed by atoms with van der Waals surface area (Å²) in [7, 11) is 0. The molecule has 0 spiro atoms. The Labute approximate surface area is 230 Å². The van der Waals surface area contributed by atoms with Gasteiger partial charge in [0.15, 0.2) is 5.82 Å². The standard InChI is InChI=1S/C30H29FN6O3/c1-17(32)11-12-40-21-14-20-13-19(9-10-23(20)33-15-21)28-29(25-8-3-5-18(2)35-25)37-26(36-28)16-34-24-7-4-6-22(27(24)31)30(38)39/h3-10,13-15,17,34H,11-12,16,32H2,1-2H3,(H,36,37)(H,38,39)/t17-/m0/s1. The number of carboxylic acid groups (broad SMARTS) is 1. The number of aromatic nitrogens is 4. The van der Waals surface area contributed by atoms with E-state index in [0.717, 1.165) is 28.6 Å². The van der Waals surface area contributed by atoms with E-state index in [4.69, 9.17) is 15.5 Å². The number of halogens is 1. The number of aromatic amines is 1. The quantitative estimate of drug-likeness (QED) is 0.181. The number of H-pyrrole nitrogens is 1. The first-order valence-electron chi connectivity index (χ1n) is 12.9. The molecular weight excluding hydrogens is 511 g/mol. The molecule has 0 bridgehead atoms. The Morgan fingerprint density at radius 3 is 2.75 bits per heavy atom. The van der Waals surface area contributed by atoms with Crippen LogP contribution < -0.4 is 15.8 Å². The van der Waals surface area contributed by atoms with Gasteiger partial charge in [0.1, 0.15) is 11.6 Å². The van der Waals surface area contributed by atoms with Crippen molar-refractivity contribution in [2.24, 2.45) is 5.73 Å². The van der Waals surface area contributed by atoms with Gasteiger partial charge < -0.3 is 25.9 Å². The molecule has 0 amide bonds. The van der Waals surface area contributed by atoms with Gasteiger partial charge in [-0.05, 0) is 62.7 Å². The van der Waals surface area contributed by atoms with Crippen LogP contribution >= 0.6 is 0 Å². The molecule has 0 saturated heterocycles. The number of fused-ring (bicyclic) bond motifs is 1. The second kappa shape index (κ2) is 11.5. The van der Waals surface area contributed by atoms with E-state index in [-0.39, 0.29) is 18.3 Å². The molecule has 0 fully saturated rings. The first-order valence-corrected chi connectivity index (χ1v) is 12.9. The van der Waals surface area contributed by atoms with Crippen LogP contribution in [-0.4, -0.2) is 43.7 Å². The molecule has 3 aromatic heterocycles. The minimum atomic E-state index is -1.33. The Kier molecular flexibility index (Phi) is 7.70. The van der Waals surface area contributed by atoms with Gasteiger partial charge in [0.2, 0.25) is 0 Å². The second-order valence-corrected chi connectivity index (χ2v) is 9.59. The van der Waals surface area contributed by atoms with Crippen molar-refractivity contribution in [3.05, 3.63) is 89.8 Å². The number of nitrogens with two attached hydrogens (primary N) is 1. The van der Waals surface area contributed by atoms with Gasteiger partial charge >= 0.3 is 5.97 Å². The first-order chi connectivity index (χ1) is 19.3. The number of anilines is 1. The third-order valence-corrected chi connectivity index (χ3v) is 6.34. The van der Waals surface area contributed by atoms with Crippen molar-refractivity contribution in [3.63, 3.8) is 0 Å². The lowest BCUT2D eigenvalue weighted by atomic mass is 10.1. The predicted molar refractivity (Wildman–Crippen MR) is 152 cm³/mol. The Balaban J connectivity index is 1.49. The number of imidazole rings is 1. The van der Waals surface area contributed by atoms with Crippen LogP contribution in [0.15, 0.2) is 66.9 Å². The molecule has 0 aliphatic heterocycles. The zero-order valence-corrected chi connectivity index (χ0v) is 22.1. The molecule has 40 heavy (non-hydrogen) atoms. The van der Waals surface area contributed by atoms with Crippen LogP contribution in [0, 0.1) is 12.7 Å². The van der Waals surface area contributed by atoms with Crippen LogP contribution in [0.4, 0.5) is 10.1 Å². The number of benzene rings is 2. The van der Waals surface area contributed by atoms with Crippen molar-refractivity contribution in [1.82, 2.24) is 19.9 Å². The molecule has 9 nitrogen and oxygen atoms in total.